The van der Waals surface area contributed by atoms with Crippen molar-refractivity contribution in [3.05, 3.63) is 17.7 Å². The molecule has 0 aromatic carbocycles. The molecule has 1 aromatic heterocycles. The Morgan fingerprint density at radius 1 is 1.20 bits per heavy atom. The lowest BCUT2D eigenvalue weighted by Crippen LogP contribution is -2.46. The Hall–Kier alpha value is -1.78. The van der Waals surface area contributed by atoms with Crippen LogP contribution < -0.4 is 10.1 Å². The first-order valence-corrected chi connectivity index (χ1v) is 9.71. The first-order chi connectivity index (χ1) is 12.1. The number of esters is 1. The van der Waals surface area contributed by atoms with E-state index in [-0.39, 0.29) is 5.97 Å². The molecule has 0 amide bonds. The van der Waals surface area contributed by atoms with Gasteiger partial charge in [0, 0.05) is 5.56 Å². The van der Waals surface area contributed by atoms with Gasteiger partial charge in [0.25, 0.3) is 0 Å². The molecule has 25 heavy (non-hydrogen) atoms. The van der Waals surface area contributed by atoms with Gasteiger partial charge in [0.1, 0.15) is 11.4 Å². The molecule has 1 N–H and O–H groups in total. The second-order valence-corrected chi connectivity index (χ2v) is 7.25. The lowest BCUT2D eigenvalue weighted by atomic mass is 9.92. The highest BCUT2D eigenvalue weighted by atomic mass is 16.5. The summed E-state index contributed by atoms with van der Waals surface area (Å²) in [4.78, 5) is 17.2. The van der Waals surface area contributed by atoms with Crippen LogP contribution in [0.4, 0.5) is 5.82 Å². The maximum atomic E-state index is 12.5. The lowest BCUT2D eigenvalue weighted by Gasteiger charge is -2.31. The van der Waals surface area contributed by atoms with Crippen molar-refractivity contribution in [1.82, 2.24) is 4.98 Å². The molecule has 0 atom stereocenters. The van der Waals surface area contributed by atoms with Gasteiger partial charge in [-0.3, -0.25) is 0 Å². The third-order valence-electron chi connectivity index (χ3n) is 5.30. The molecule has 0 aliphatic heterocycles. The predicted molar refractivity (Wildman–Crippen MR) is 98.0 cm³/mol. The van der Waals surface area contributed by atoms with Crippen LogP contribution in [-0.4, -0.2) is 29.7 Å². The molecule has 0 unspecified atom stereocenters. The minimum Gasteiger partial charge on any atom is -0.477 e. The van der Waals surface area contributed by atoms with Gasteiger partial charge in [-0.1, -0.05) is 13.8 Å². The number of aromatic nitrogens is 1. The number of carbonyl (C=O) groups is 1. The third kappa shape index (κ3) is 4.25. The number of nitrogens with zero attached hydrogens (tertiary/aromatic N) is 1. The quantitative estimate of drug-likeness (QED) is 0.641. The van der Waals surface area contributed by atoms with E-state index in [0.717, 1.165) is 12.5 Å². The number of carbonyl (C=O) groups excluding carboxylic acids is 1. The van der Waals surface area contributed by atoms with Crippen molar-refractivity contribution in [3.8, 4) is 5.88 Å². The summed E-state index contributed by atoms with van der Waals surface area (Å²) in [6, 6.07) is 4.08. The van der Waals surface area contributed by atoms with Crippen LogP contribution in [0.3, 0.4) is 0 Å². The van der Waals surface area contributed by atoms with E-state index in [1.807, 2.05) is 26.8 Å². The van der Waals surface area contributed by atoms with Crippen molar-refractivity contribution in [1.29, 1.82) is 0 Å². The number of anilines is 1. The van der Waals surface area contributed by atoms with E-state index in [1.54, 1.807) is 0 Å². The molecule has 1 aromatic rings. The standard InChI is InChI=1S/C20H30N2O3/c1-4-20(5-2,19(23)24-6-3)22-17-12-11-16(15-9-10-15)18(21-17)25-13-14-7-8-14/h11-12,14-15H,4-10,13H2,1-3H3,(H,21,22). The molecule has 2 aliphatic carbocycles. The van der Waals surface area contributed by atoms with Crippen LogP contribution in [0.25, 0.3) is 0 Å². The number of pyridine rings is 1. The Kier molecular flexibility index (Phi) is 5.50. The fraction of sp³-hybridized carbons (Fsp3) is 0.700. The average molecular weight is 346 g/mol. The van der Waals surface area contributed by atoms with E-state index in [1.165, 1.54) is 31.2 Å². The molecule has 5 nitrogen and oxygen atoms in total. The maximum absolute atomic E-state index is 12.5. The third-order valence-corrected chi connectivity index (χ3v) is 5.30. The molecule has 0 radical (unpaired) electrons. The summed E-state index contributed by atoms with van der Waals surface area (Å²) < 4.78 is 11.3. The van der Waals surface area contributed by atoms with Gasteiger partial charge in [0.15, 0.2) is 0 Å². The molecule has 0 saturated heterocycles. The van der Waals surface area contributed by atoms with Gasteiger partial charge in [0.2, 0.25) is 5.88 Å². The molecule has 0 bridgehead atoms. The number of nitrogens with one attached hydrogen (secondary N) is 1. The Balaban J connectivity index is 1.79. The van der Waals surface area contributed by atoms with Crippen LogP contribution in [0.1, 0.15) is 70.8 Å². The Morgan fingerprint density at radius 3 is 2.48 bits per heavy atom. The van der Waals surface area contributed by atoms with Crippen LogP contribution in [0, 0.1) is 5.92 Å². The zero-order valence-corrected chi connectivity index (χ0v) is 15.6. The fourth-order valence-corrected chi connectivity index (χ4v) is 3.10. The summed E-state index contributed by atoms with van der Waals surface area (Å²) in [5.41, 5.74) is 0.471. The second-order valence-electron chi connectivity index (χ2n) is 7.25. The number of hydrogen-bond donors (Lipinski definition) is 1. The van der Waals surface area contributed by atoms with E-state index in [9.17, 15) is 4.79 Å². The number of rotatable bonds is 10. The predicted octanol–water partition coefficient (Wildman–Crippen LogP) is 4.28. The monoisotopic (exact) mass is 346 g/mol. The van der Waals surface area contributed by atoms with Crippen LogP contribution in [0.5, 0.6) is 5.88 Å². The minimum atomic E-state index is -0.738. The van der Waals surface area contributed by atoms with E-state index in [4.69, 9.17) is 14.5 Å². The van der Waals surface area contributed by atoms with Gasteiger partial charge in [-0.05, 0) is 69.4 Å². The van der Waals surface area contributed by atoms with Crippen molar-refractivity contribution >= 4 is 11.8 Å². The molecule has 5 heteroatoms. The lowest BCUT2D eigenvalue weighted by molar-refractivity contribution is -0.148. The second kappa shape index (κ2) is 7.63. The van der Waals surface area contributed by atoms with E-state index in [2.05, 4.69) is 11.4 Å². The molecule has 138 valence electrons. The summed E-state index contributed by atoms with van der Waals surface area (Å²) in [7, 11) is 0. The van der Waals surface area contributed by atoms with Crippen LogP contribution in [0.15, 0.2) is 12.1 Å². The van der Waals surface area contributed by atoms with E-state index >= 15 is 0 Å². The highest BCUT2D eigenvalue weighted by molar-refractivity contribution is 5.84. The molecular weight excluding hydrogens is 316 g/mol. The Bertz CT molecular complexity index is 605. The van der Waals surface area contributed by atoms with Gasteiger partial charge in [-0.2, -0.15) is 4.98 Å². The minimum absolute atomic E-state index is 0.214. The molecule has 2 aliphatic rings. The molecule has 2 saturated carbocycles. The van der Waals surface area contributed by atoms with Crippen molar-refractivity contribution < 1.29 is 14.3 Å². The number of hydrogen-bond acceptors (Lipinski definition) is 5. The van der Waals surface area contributed by atoms with Crippen molar-refractivity contribution in [2.45, 2.75) is 70.8 Å². The van der Waals surface area contributed by atoms with Gasteiger partial charge in [-0.25, -0.2) is 4.79 Å². The summed E-state index contributed by atoms with van der Waals surface area (Å²) in [6.45, 7) is 6.96. The van der Waals surface area contributed by atoms with Crippen molar-refractivity contribution in [2.75, 3.05) is 18.5 Å². The highest BCUT2D eigenvalue weighted by Crippen LogP contribution is 2.44. The van der Waals surface area contributed by atoms with Gasteiger partial charge >= 0.3 is 5.97 Å². The fourth-order valence-electron chi connectivity index (χ4n) is 3.10. The van der Waals surface area contributed by atoms with Crippen LogP contribution in [0.2, 0.25) is 0 Å². The summed E-state index contributed by atoms with van der Waals surface area (Å²) in [5, 5.41) is 3.34. The highest BCUT2D eigenvalue weighted by Gasteiger charge is 2.37. The topological polar surface area (TPSA) is 60.5 Å². The maximum Gasteiger partial charge on any atom is 0.331 e. The van der Waals surface area contributed by atoms with Crippen molar-refractivity contribution in [2.24, 2.45) is 5.92 Å². The summed E-state index contributed by atoms with van der Waals surface area (Å²) >= 11 is 0. The van der Waals surface area contributed by atoms with E-state index in [0.29, 0.717) is 37.1 Å². The van der Waals surface area contributed by atoms with Crippen LogP contribution >= 0.6 is 0 Å². The van der Waals surface area contributed by atoms with Gasteiger partial charge < -0.3 is 14.8 Å². The average Bonchev–Trinajstić information content (AvgIpc) is 3.51. The zero-order chi connectivity index (χ0) is 17.9. The molecule has 2 fully saturated rings. The zero-order valence-electron chi connectivity index (χ0n) is 15.6. The molecule has 0 spiro atoms. The van der Waals surface area contributed by atoms with Crippen LogP contribution in [-0.2, 0) is 9.53 Å². The molecule has 1 heterocycles. The largest absolute Gasteiger partial charge is 0.477 e. The normalized spacial score (nSPS) is 17.2. The number of ether oxygens (including phenoxy) is 2. The summed E-state index contributed by atoms with van der Waals surface area (Å²) in [5.74, 6) is 2.49. The van der Waals surface area contributed by atoms with E-state index < -0.39 is 5.54 Å². The Morgan fingerprint density at radius 2 is 1.92 bits per heavy atom. The first-order valence-electron chi connectivity index (χ1n) is 9.71. The smallest absolute Gasteiger partial charge is 0.331 e. The first kappa shape index (κ1) is 18.0. The molecular formula is C20H30N2O3. The van der Waals surface area contributed by atoms with Gasteiger partial charge in [-0.15, -0.1) is 0 Å². The van der Waals surface area contributed by atoms with Gasteiger partial charge in [0.05, 0.1) is 13.2 Å². The molecule has 3 rings (SSSR count). The SMILES string of the molecule is CCOC(=O)C(CC)(CC)Nc1ccc(C2CC2)c(OCC2CC2)n1. The van der Waals surface area contributed by atoms with Crippen molar-refractivity contribution in [3.63, 3.8) is 0 Å². The Labute approximate surface area is 150 Å². The summed E-state index contributed by atoms with van der Waals surface area (Å²) in [6.07, 6.45) is 6.23.